The second-order valence-electron chi connectivity index (χ2n) is 5.16. The Morgan fingerprint density at radius 3 is 2.63 bits per heavy atom. The maximum atomic E-state index is 13.4. The fraction of sp³-hybridized carbons (Fsp3) is 0.333. The molecule has 0 spiro atoms. The van der Waals surface area contributed by atoms with Gasteiger partial charge in [-0.05, 0) is 59.0 Å². The molecule has 1 aromatic carbocycles. The summed E-state index contributed by atoms with van der Waals surface area (Å²) in [5, 5.41) is 4.27. The monoisotopic (exact) mass is 276 g/mol. The van der Waals surface area contributed by atoms with Gasteiger partial charge in [0, 0.05) is 24.8 Å². The van der Waals surface area contributed by atoms with Crippen molar-refractivity contribution in [2.75, 3.05) is 5.73 Å². The fourth-order valence-electron chi connectivity index (χ4n) is 2.37. The van der Waals surface area contributed by atoms with Crippen LogP contribution in [0.1, 0.15) is 24.0 Å². The van der Waals surface area contributed by atoms with E-state index in [2.05, 4.69) is 21.7 Å². The average Bonchev–Trinajstić information content (AvgIpc) is 3.06. The second-order valence-corrected chi connectivity index (χ2v) is 5.94. The van der Waals surface area contributed by atoms with Gasteiger partial charge in [-0.1, -0.05) is 0 Å². The third-order valence-electron chi connectivity index (χ3n) is 3.39. The molecule has 1 saturated carbocycles. The second kappa shape index (κ2) is 5.31. The lowest BCUT2D eigenvalue weighted by atomic mass is 10.1. The first-order valence-corrected chi connectivity index (χ1v) is 7.45. The van der Waals surface area contributed by atoms with Gasteiger partial charge in [-0.3, -0.25) is 4.90 Å². The quantitative estimate of drug-likeness (QED) is 0.845. The van der Waals surface area contributed by atoms with Gasteiger partial charge in [-0.25, -0.2) is 4.39 Å². The molecule has 3 rings (SSSR count). The van der Waals surface area contributed by atoms with Gasteiger partial charge in [0.25, 0.3) is 0 Å². The van der Waals surface area contributed by atoms with E-state index in [9.17, 15) is 4.39 Å². The maximum Gasteiger partial charge on any atom is 0.125 e. The molecule has 0 bridgehead atoms. The third-order valence-corrected chi connectivity index (χ3v) is 4.13. The van der Waals surface area contributed by atoms with Crippen LogP contribution in [-0.2, 0) is 13.1 Å². The summed E-state index contributed by atoms with van der Waals surface area (Å²) < 4.78 is 13.4. The zero-order chi connectivity index (χ0) is 13.2. The zero-order valence-electron chi connectivity index (χ0n) is 10.7. The molecule has 2 nitrogen and oxygen atoms in total. The highest BCUT2D eigenvalue weighted by Gasteiger charge is 2.29. The molecular formula is C15H17FN2S. The molecule has 0 aliphatic heterocycles. The van der Waals surface area contributed by atoms with E-state index < -0.39 is 0 Å². The molecular weight excluding hydrogens is 259 g/mol. The van der Waals surface area contributed by atoms with Crippen LogP contribution in [0.2, 0.25) is 0 Å². The molecule has 0 atom stereocenters. The van der Waals surface area contributed by atoms with E-state index in [1.54, 1.807) is 17.4 Å². The number of hydrogen-bond donors (Lipinski definition) is 1. The molecule has 0 amide bonds. The van der Waals surface area contributed by atoms with Crippen molar-refractivity contribution in [1.29, 1.82) is 0 Å². The average molecular weight is 276 g/mol. The third kappa shape index (κ3) is 3.33. The van der Waals surface area contributed by atoms with Gasteiger partial charge in [0.2, 0.25) is 0 Å². The van der Waals surface area contributed by atoms with E-state index in [0.29, 0.717) is 11.7 Å². The van der Waals surface area contributed by atoms with E-state index >= 15 is 0 Å². The summed E-state index contributed by atoms with van der Waals surface area (Å²) >= 11 is 1.72. The number of thiophene rings is 1. The van der Waals surface area contributed by atoms with Gasteiger partial charge >= 0.3 is 0 Å². The molecule has 1 aliphatic rings. The Morgan fingerprint density at radius 2 is 2.00 bits per heavy atom. The normalized spacial score (nSPS) is 15.1. The standard InChI is InChI=1S/C15H17FN2S/c16-13-5-12(6-14(17)7-13)9-18(15-1-2-15)8-11-3-4-19-10-11/h3-7,10,15H,1-2,8-9,17H2. The van der Waals surface area contributed by atoms with E-state index in [-0.39, 0.29) is 5.82 Å². The summed E-state index contributed by atoms with van der Waals surface area (Å²) in [5.74, 6) is -0.249. The first kappa shape index (κ1) is 12.6. The summed E-state index contributed by atoms with van der Waals surface area (Å²) in [6.45, 7) is 1.70. The van der Waals surface area contributed by atoms with E-state index in [1.807, 2.05) is 6.07 Å². The Balaban J connectivity index is 1.74. The maximum absolute atomic E-state index is 13.4. The molecule has 1 aromatic heterocycles. The summed E-state index contributed by atoms with van der Waals surface area (Å²) in [7, 11) is 0. The van der Waals surface area contributed by atoms with E-state index in [0.717, 1.165) is 18.7 Å². The fourth-order valence-corrected chi connectivity index (χ4v) is 3.03. The van der Waals surface area contributed by atoms with Gasteiger partial charge in [0.05, 0.1) is 0 Å². The molecule has 0 saturated heterocycles. The lowest BCUT2D eigenvalue weighted by Crippen LogP contribution is -2.24. The van der Waals surface area contributed by atoms with Crippen molar-refractivity contribution >= 4 is 17.0 Å². The SMILES string of the molecule is Nc1cc(F)cc(CN(Cc2ccsc2)C2CC2)c1. The van der Waals surface area contributed by atoms with Crippen LogP contribution in [-0.4, -0.2) is 10.9 Å². The number of nitrogen functional groups attached to an aromatic ring is 1. The molecule has 1 aliphatic carbocycles. The minimum Gasteiger partial charge on any atom is -0.399 e. The van der Waals surface area contributed by atoms with Gasteiger partial charge < -0.3 is 5.73 Å². The Morgan fingerprint density at radius 1 is 1.21 bits per heavy atom. The van der Waals surface area contributed by atoms with Crippen LogP contribution in [0, 0.1) is 5.82 Å². The Hall–Kier alpha value is -1.39. The first-order chi connectivity index (χ1) is 9.20. The molecule has 100 valence electrons. The van der Waals surface area contributed by atoms with E-state index in [1.165, 1.54) is 24.5 Å². The van der Waals surface area contributed by atoms with Crippen LogP contribution in [0.25, 0.3) is 0 Å². The van der Waals surface area contributed by atoms with E-state index in [4.69, 9.17) is 5.73 Å². The molecule has 19 heavy (non-hydrogen) atoms. The van der Waals surface area contributed by atoms with Crippen molar-refractivity contribution in [2.24, 2.45) is 0 Å². The van der Waals surface area contributed by atoms with Crippen molar-refractivity contribution in [2.45, 2.75) is 32.0 Å². The van der Waals surface area contributed by atoms with Crippen LogP contribution in [0.3, 0.4) is 0 Å². The summed E-state index contributed by atoms with van der Waals surface area (Å²) in [4.78, 5) is 2.41. The number of benzene rings is 1. The number of hydrogen-bond acceptors (Lipinski definition) is 3. The van der Waals surface area contributed by atoms with Crippen molar-refractivity contribution in [3.63, 3.8) is 0 Å². The first-order valence-electron chi connectivity index (χ1n) is 6.51. The Bertz CT molecular complexity index is 529. The van der Waals surface area contributed by atoms with Crippen molar-refractivity contribution in [3.05, 3.63) is 52.0 Å². The molecule has 2 N–H and O–H groups in total. The van der Waals surface area contributed by atoms with Crippen LogP contribution >= 0.6 is 11.3 Å². The Kier molecular flexibility index (Phi) is 3.53. The van der Waals surface area contributed by atoms with Crippen LogP contribution < -0.4 is 5.73 Å². The van der Waals surface area contributed by atoms with Crippen molar-refractivity contribution in [3.8, 4) is 0 Å². The predicted molar refractivity (Wildman–Crippen MR) is 77.4 cm³/mol. The van der Waals surface area contributed by atoms with Crippen LogP contribution in [0.4, 0.5) is 10.1 Å². The minimum atomic E-state index is -0.249. The number of rotatable bonds is 5. The van der Waals surface area contributed by atoms with Crippen LogP contribution in [0.5, 0.6) is 0 Å². The smallest absolute Gasteiger partial charge is 0.125 e. The lowest BCUT2D eigenvalue weighted by molar-refractivity contribution is 0.246. The molecule has 0 radical (unpaired) electrons. The van der Waals surface area contributed by atoms with Gasteiger partial charge in [0.15, 0.2) is 0 Å². The van der Waals surface area contributed by atoms with Gasteiger partial charge in [-0.2, -0.15) is 11.3 Å². The predicted octanol–water partition coefficient (Wildman–Crippen LogP) is 3.63. The minimum absolute atomic E-state index is 0.249. The highest BCUT2D eigenvalue weighted by atomic mass is 32.1. The molecule has 4 heteroatoms. The topological polar surface area (TPSA) is 29.3 Å². The molecule has 1 heterocycles. The van der Waals surface area contributed by atoms with Crippen molar-refractivity contribution in [1.82, 2.24) is 4.90 Å². The number of anilines is 1. The lowest BCUT2D eigenvalue weighted by Gasteiger charge is -2.21. The largest absolute Gasteiger partial charge is 0.399 e. The Labute approximate surface area is 116 Å². The molecule has 1 fully saturated rings. The number of nitrogens with zero attached hydrogens (tertiary/aromatic N) is 1. The number of halogens is 1. The summed E-state index contributed by atoms with van der Waals surface area (Å²) in [6.07, 6.45) is 2.49. The van der Waals surface area contributed by atoms with Crippen molar-refractivity contribution < 1.29 is 4.39 Å². The number of nitrogens with two attached hydrogens (primary N) is 1. The highest BCUT2D eigenvalue weighted by molar-refractivity contribution is 7.07. The zero-order valence-corrected chi connectivity index (χ0v) is 11.5. The van der Waals surface area contributed by atoms with Crippen LogP contribution in [0.15, 0.2) is 35.0 Å². The molecule has 0 unspecified atom stereocenters. The van der Waals surface area contributed by atoms with Gasteiger partial charge in [-0.15, -0.1) is 0 Å². The highest BCUT2D eigenvalue weighted by Crippen LogP contribution is 2.30. The summed E-state index contributed by atoms with van der Waals surface area (Å²) in [6, 6.07) is 7.61. The summed E-state index contributed by atoms with van der Waals surface area (Å²) in [5.41, 5.74) is 8.50. The molecule has 2 aromatic rings. The van der Waals surface area contributed by atoms with Gasteiger partial charge in [0.1, 0.15) is 5.82 Å².